The van der Waals surface area contributed by atoms with E-state index in [-0.39, 0.29) is 0 Å². The Morgan fingerprint density at radius 2 is 0.734 bits per heavy atom. The molecule has 1 nitrogen and oxygen atoms in total. The first kappa shape index (κ1) is 60.1. The van der Waals surface area contributed by atoms with E-state index in [0.717, 1.165) is 12.8 Å². The Bertz CT molecular complexity index is 5750. The quantitative estimate of drug-likeness (QED) is 0.170. The number of hydrogen-bond acceptors (Lipinski definition) is 0. The summed E-state index contributed by atoms with van der Waals surface area (Å²) in [6, 6.07) is 76.6. The maximum atomic E-state index is 4.91. The van der Waals surface area contributed by atoms with Gasteiger partial charge in [0.25, 0.3) is 0 Å². The molecule has 432 valence electrons. The first-order valence-electron chi connectivity index (χ1n) is 30.9. The van der Waals surface area contributed by atoms with Crippen molar-refractivity contribution in [2.75, 3.05) is 0 Å². The summed E-state index contributed by atoms with van der Waals surface area (Å²) in [4.78, 5) is 3.51. The summed E-state index contributed by atoms with van der Waals surface area (Å²) in [5.74, 6) is 57.2. The molecular formula is C92H52BrN. The molecule has 1 N–H and O–H groups in total. The Morgan fingerprint density at radius 1 is 0.319 bits per heavy atom. The number of hydrogen-bond donors (Lipinski definition) is 1. The summed E-state index contributed by atoms with van der Waals surface area (Å²) in [5.41, 5.74) is 32.1. The zero-order chi connectivity index (χ0) is 63.8. The SMILES string of the molecule is Brc1ccc2c(c1)CC2.C#CC#CC#CC#CC#CC#CC#CC#CC#CC#CC#CC#CC.c1ccc2c(c1)Cc1ccc(-c3ccc4[nH]c5ccccc5c4c3)cc1-2.c1ccc2c(c1)Cc1ccc(-c3ccc4c(c3)-c3ccccc3C4c3ccc4c(c3)CC4)cc1-2. The summed E-state index contributed by atoms with van der Waals surface area (Å²) in [7, 11) is 0. The third-order valence-corrected chi connectivity index (χ3v) is 17.7. The van der Waals surface area contributed by atoms with E-state index in [1.807, 2.05) is 0 Å². The van der Waals surface area contributed by atoms with Gasteiger partial charge in [0.2, 0.25) is 0 Å². The van der Waals surface area contributed by atoms with Crippen LogP contribution < -0.4 is 0 Å². The minimum Gasteiger partial charge on any atom is -0.355 e. The van der Waals surface area contributed by atoms with E-state index in [1.165, 1.54) is 163 Å². The van der Waals surface area contributed by atoms with Gasteiger partial charge in [0.15, 0.2) is 0 Å². The van der Waals surface area contributed by atoms with E-state index in [2.05, 4.69) is 363 Å². The Hall–Kier alpha value is -12.8. The van der Waals surface area contributed by atoms with Gasteiger partial charge < -0.3 is 4.98 Å². The van der Waals surface area contributed by atoms with Gasteiger partial charge in [-0.1, -0.05) is 180 Å². The van der Waals surface area contributed by atoms with Crippen molar-refractivity contribution in [1.29, 1.82) is 0 Å². The molecule has 11 aromatic rings. The Balaban J connectivity index is 0.000000121. The van der Waals surface area contributed by atoms with Crippen LogP contribution in [0.2, 0.25) is 0 Å². The standard InChI is InChI=1S/C34H24.C25H17N.C25H4.C8H7Br/c1-2-6-28-25(5-1)18-26-13-12-23(19-32(26)28)24-15-16-31-33(20-24)29-7-3-4-8-30(29)34(31)27-14-10-21-9-11-22(21)17-27;1-2-6-20-18(5-1)13-19-10-9-16(14-22(19)20)17-11-12-25-23(15-17)21-7-3-4-8-24(21)26-25;1-3-5-7-9-11-13-15-17-19-21-23-25-24-22-20-18-16-14-12-10-8-6-4-2;9-8-4-3-6-1-2-7(6)5-8/h1-8,10,12-17,19-20,34H,9,11,18H2;1-12,14-15,26H,13H2;1H,2H3;3-5H,1-2H2. The van der Waals surface area contributed by atoms with Crippen molar-refractivity contribution in [3.63, 3.8) is 0 Å². The number of fused-ring (bicyclic) bond motifs is 14. The van der Waals surface area contributed by atoms with Crippen LogP contribution in [0, 0.1) is 143 Å². The zero-order valence-corrected chi connectivity index (χ0v) is 53.0. The normalized spacial score (nSPS) is 11.7. The number of benzene rings is 10. The summed E-state index contributed by atoms with van der Waals surface area (Å²) < 4.78 is 1.21. The van der Waals surface area contributed by atoms with Crippen molar-refractivity contribution < 1.29 is 0 Å². The molecule has 5 aliphatic rings. The molecule has 0 radical (unpaired) electrons. The van der Waals surface area contributed by atoms with Crippen molar-refractivity contribution in [2.45, 2.75) is 51.4 Å². The molecule has 1 unspecified atom stereocenters. The van der Waals surface area contributed by atoms with Crippen LogP contribution in [0.15, 0.2) is 211 Å². The third kappa shape index (κ3) is 13.5. The highest BCUT2D eigenvalue weighted by Crippen LogP contribution is 2.50. The number of halogens is 1. The molecular weight excluding hydrogens is 1200 g/mol. The number of H-pyrrole nitrogens is 1. The van der Waals surface area contributed by atoms with Gasteiger partial charge in [0, 0.05) is 67.7 Å². The van der Waals surface area contributed by atoms with E-state index in [1.54, 1.807) is 12.5 Å². The van der Waals surface area contributed by atoms with Gasteiger partial charge in [0.1, 0.15) is 0 Å². The lowest BCUT2D eigenvalue weighted by Gasteiger charge is -2.22. The number of aryl methyl sites for hydroxylation is 4. The van der Waals surface area contributed by atoms with Crippen molar-refractivity contribution in [3.05, 3.63) is 272 Å². The maximum Gasteiger partial charge on any atom is 0.0465 e. The second-order valence-corrected chi connectivity index (χ2v) is 23.5. The van der Waals surface area contributed by atoms with Crippen LogP contribution in [0.3, 0.4) is 0 Å². The molecule has 0 bridgehead atoms. The van der Waals surface area contributed by atoms with Crippen molar-refractivity contribution in [2.24, 2.45) is 0 Å². The molecule has 1 atom stereocenters. The van der Waals surface area contributed by atoms with E-state index < -0.39 is 0 Å². The van der Waals surface area contributed by atoms with Gasteiger partial charge in [0.05, 0.1) is 0 Å². The molecule has 10 aromatic carbocycles. The molecule has 0 saturated carbocycles. The monoisotopic (exact) mass is 1250 g/mol. The second-order valence-electron chi connectivity index (χ2n) is 22.6. The smallest absolute Gasteiger partial charge is 0.0465 e. The van der Waals surface area contributed by atoms with E-state index in [0.29, 0.717) is 5.92 Å². The highest BCUT2D eigenvalue weighted by Gasteiger charge is 2.31. The molecule has 1 heterocycles. The fourth-order valence-electron chi connectivity index (χ4n) is 12.6. The Morgan fingerprint density at radius 3 is 1.27 bits per heavy atom. The minimum absolute atomic E-state index is 0.332. The largest absolute Gasteiger partial charge is 0.355 e. The van der Waals surface area contributed by atoms with Gasteiger partial charge >= 0.3 is 0 Å². The number of aromatic nitrogens is 1. The van der Waals surface area contributed by atoms with Crippen LogP contribution in [0.1, 0.15) is 74.0 Å². The van der Waals surface area contributed by atoms with Gasteiger partial charge in [-0.3, -0.25) is 0 Å². The second kappa shape index (κ2) is 28.8. The first-order chi connectivity index (χ1) is 46.5. The fourth-order valence-corrected chi connectivity index (χ4v) is 13.0. The summed E-state index contributed by atoms with van der Waals surface area (Å²) in [5, 5.41) is 2.58. The van der Waals surface area contributed by atoms with Crippen LogP contribution in [0.25, 0.3) is 77.4 Å². The molecule has 0 fully saturated rings. The van der Waals surface area contributed by atoms with Crippen LogP contribution in [-0.4, -0.2) is 4.98 Å². The predicted molar refractivity (Wildman–Crippen MR) is 391 cm³/mol. The first-order valence-corrected chi connectivity index (χ1v) is 31.7. The Kier molecular flexibility index (Phi) is 18.4. The van der Waals surface area contributed by atoms with Crippen LogP contribution in [-0.2, 0) is 38.5 Å². The van der Waals surface area contributed by atoms with Crippen LogP contribution >= 0.6 is 15.9 Å². The molecule has 0 saturated heterocycles. The average Bonchev–Trinajstić information content (AvgIpc) is 1.59. The number of nitrogens with one attached hydrogen (secondary N) is 1. The highest BCUT2D eigenvalue weighted by atomic mass is 79.9. The molecule has 0 aliphatic heterocycles. The molecule has 16 rings (SSSR count). The molecule has 94 heavy (non-hydrogen) atoms. The van der Waals surface area contributed by atoms with Gasteiger partial charge in [-0.25, -0.2) is 0 Å². The molecule has 2 heteroatoms. The lowest BCUT2D eigenvalue weighted by molar-refractivity contribution is 0.829. The topological polar surface area (TPSA) is 15.8 Å². The molecule has 1 aromatic heterocycles. The number of aromatic amines is 1. The Labute approximate surface area is 560 Å². The van der Waals surface area contributed by atoms with E-state index in [4.69, 9.17) is 6.42 Å². The van der Waals surface area contributed by atoms with Gasteiger partial charge in [-0.15, -0.1) is 6.42 Å². The third-order valence-electron chi connectivity index (χ3n) is 17.2. The highest BCUT2D eigenvalue weighted by molar-refractivity contribution is 9.10. The van der Waals surface area contributed by atoms with Crippen LogP contribution in [0.5, 0.6) is 0 Å². The summed E-state index contributed by atoms with van der Waals surface area (Å²) >= 11 is 3.43. The molecule has 0 amide bonds. The number of rotatable bonds is 3. The molecule has 5 aliphatic carbocycles. The molecule has 0 spiro atoms. The lowest BCUT2D eigenvalue weighted by atomic mass is 9.82. The van der Waals surface area contributed by atoms with Crippen molar-refractivity contribution in [3.8, 4) is 198 Å². The van der Waals surface area contributed by atoms with E-state index >= 15 is 0 Å². The van der Waals surface area contributed by atoms with Crippen molar-refractivity contribution in [1.82, 2.24) is 4.98 Å². The summed E-state index contributed by atoms with van der Waals surface area (Å²) in [6.45, 7) is 1.69. The average molecular weight is 1250 g/mol. The zero-order valence-electron chi connectivity index (χ0n) is 51.4. The van der Waals surface area contributed by atoms with Crippen LogP contribution in [0.4, 0.5) is 0 Å². The number of terminal acetylenes is 1. The summed E-state index contributed by atoms with van der Waals surface area (Å²) in [6.07, 6.45) is 12.0. The predicted octanol–water partition coefficient (Wildman–Crippen LogP) is 18.0. The maximum absolute atomic E-state index is 4.91. The van der Waals surface area contributed by atoms with Crippen molar-refractivity contribution >= 4 is 37.7 Å². The van der Waals surface area contributed by atoms with Gasteiger partial charge in [-0.2, -0.15) is 0 Å². The fraction of sp³-hybridized carbons (Fsp3) is 0.0870. The van der Waals surface area contributed by atoms with Gasteiger partial charge in [-0.05, 0) is 306 Å². The minimum atomic E-state index is 0.332. The van der Waals surface area contributed by atoms with E-state index in [9.17, 15) is 0 Å². The number of para-hydroxylation sites is 1. The lowest BCUT2D eigenvalue weighted by Crippen LogP contribution is -2.10.